The lowest BCUT2D eigenvalue weighted by atomic mass is 10.2. The van der Waals surface area contributed by atoms with E-state index in [1.807, 2.05) is 12.3 Å². The predicted molar refractivity (Wildman–Crippen MR) is 72.7 cm³/mol. The monoisotopic (exact) mass is 299 g/mol. The van der Waals surface area contributed by atoms with Crippen molar-refractivity contribution in [1.29, 1.82) is 0 Å². The fourth-order valence-electron chi connectivity index (χ4n) is 2.19. The second-order valence-corrected chi connectivity index (χ2v) is 5.80. The predicted octanol–water partition coefficient (Wildman–Crippen LogP) is 0.223. The molecule has 1 aliphatic rings. The van der Waals surface area contributed by atoms with Crippen molar-refractivity contribution in [2.75, 3.05) is 13.1 Å². The van der Waals surface area contributed by atoms with Crippen molar-refractivity contribution in [2.24, 2.45) is 0 Å². The fraction of sp³-hybridized carbons (Fsp3) is 0.583. The molecule has 2 amide bonds. The number of carbonyl (C=O) groups excluding carboxylic acids is 1. The Hall–Kier alpha value is -1.67. The van der Waals surface area contributed by atoms with Gasteiger partial charge in [-0.25, -0.2) is 14.6 Å². The number of aliphatic hydroxyl groups is 1. The van der Waals surface area contributed by atoms with Crippen molar-refractivity contribution < 1.29 is 19.8 Å². The lowest BCUT2D eigenvalue weighted by Crippen LogP contribution is -2.46. The highest BCUT2D eigenvalue weighted by molar-refractivity contribution is 7.09. The Morgan fingerprint density at radius 1 is 1.60 bits per heavy atom. The zero-order valence-corrected chi connectivity index (χ0v) is 11.9. The highest BCUT2D eigenvalue weighted by atomic mass is 32.1. The Labute approximate surface area is 120 Å². The smallest absolute Gasteiger partial charge is 0.326 e. The van der Waals surface area contributed by atoms with Gasteiger partial charge in [0.25, 0.3) is 0 Å². The molecule has 20 heavy (non-hydrogen) atoms. The normalized spacial score (nSPS) is 22.0. The number of aliphatic carboxylic acids is 1. The van der Waals surface area contributed by atoms with E-state index in [2.05, 4.69) is 10.3 Å². The lowest BCUT2D eigenvalue weighted by Gasteiger charge is -2.21. The number of amides is 2. The highest BCUT2D eigenvalue weighted by Gasteiger charge is 2.38. The van der Waals surface area contributed by atoms with Crippen LogP contribution in [0, 0.1) is 6.92 Å². The molecule has 2 rings (SSSR count). The number of thiazole rings is 1. The zero-order valence-electron chi connectivity index (χ0n) is 11.1. The van der Waals surface area contributed by atoms with E-state index < -0.39 is 24.1 Å². The number of β-amino-alcohol motifs (C(OH)–C–C–N with tert-alkyl or cyclic N) is 1. The number of aliphatic hydroxyl groups excluding tert-OH is 1. The molecule has 1 aromatic rings. The van der Waals surface area contributed by atoms with Gasteiger partial charge in [-0.05, 0) is 6.92 Å². The zero-order chi connectivity index (χ0) is 14.7. The van der Waals surface area contributed by atoms with E-state index in [1.165, 1.54) is 4.90 Å². The molecule has 0 aliphatic carbocycles. The molecule has 8 heteroatoms. The number of likely N-dealkylation sites (tertiary alicyclic amines) is 1. The van der Waals surface area contributed by atoms with Crippen LogP contribution in [0.15, 0.2) is 5.38 Å². The molecule has 0 spiro atoms. The molecular formula is C12H17N3O4S. The summed E-state index contributed by atoms with van der Waals surface area (Å²) in [6.45, 7) is 2.36. The molecule has 2 heterocycles. The Kier molecular flexibility index (Phi) is 4.56. The standard InChI is InChI=1S/C12H17N3O4S/c1-7-14-8(6-20-7)2-3-13-12(19)15-5-9(16)4-10(15)11(17)18/h6,9-10,16H,2-5H2,1H3,(H,13,19)(H,17,18)/t9-,10-/m0/s1. The van der Waals surface area contributed by atoms with E-state index in [0.29, 0.717) is 13.0 Å². The first kappa shape index (κ1) is 14.7. The van der Waals surface area contributed by atoms with Crippen LogP contribution < -0.4 is 5.32 Å². The van der Waals surface area contributed by atoms with E-state index in [4.69, 9.17) is 5.11 Å². The molecule has 0 aromatic carbocycles. The molecule has 7 nitrogen and oxygen atoms in total. The van der Waals surface area contributed by atoms with Crippen molar-refractivity contribution in [3.05, 3.63) is 16.1 Å². The lowest BCUT2D eigenvalue weighted by molar-refractivity contribution is -0.141. The SMILES string of the molecule is Cc1nc(CCNC(=O)N2C[C@@H](O)C[C@H]2C(=O)O)cs1. The van der Waals surface area contributed by atoms with Crippen molar-refractivity contribution in [3.8, 4) is 0 Å². The minimum atomic E-state index is -1.09. The van der Waals surface area contributed by atoms with Crippen molar-refractivity contribution in [2.45, 2.75) is 31.9 Å². The van der Waals surface area contributed by atoms with E-state index >= 15 is 0 Å². The van der Waals surface area contributed by atoms with Gasteiger partial charge in [0.2, 0.25) is 0 Å². The van der Waals surface area contributed by atoms with Crippen LogP contribution in [-0.2, 0) is 11.2 Å². The third-order valence-electron chi connectivity index (χ3n) is 3.15. The molecule has 0 bridgehead atoms. The summed E-state index contributed by atoms with van der Waals surface area (Å²) in [5.74, 6) is -1.09. The van der Waals surface area contributed by atoms with Crippen LogP contribution in [0.25, 0.3) is 0 Å². The second kappa shape index (κ2) is 6.19. The van der Waals surface area contributed by atoms with Gasteiger partial charge in [0.15, 0.2) is 0 Å². The summed E-state index contributed by atoms with van der Waals surface area (Å²) < 4.78 is 0. The van der Waals surface area contributed by atoms with Gasteiger partial charge in [-0.1, -0.05) is 0 Å². The number of nitrogens with zero attached hydrogens (tertiary/aromatic N) is 2. The molecule has 2 atom stereocenters. The number of carbonyl (C=O) groups is 2. The molecule has 1 aromatic heterocycles. The van der Waals surface area contributed by atoms with E-state index in [9.17, 15) is 14.7 Å². The Balaban J connectivity index is 1.83. The van der Waals surface area contributed by atoms with E-state index in [-0.39, 0.29) is 13.0 Å². The maximum Gasteiger partial charge on any atom is 0.326 e. The summed E-state index contributed by atoms with van der Waals surface area (Å²) in [6.07, 6.45) is -0.0961. The molecule has 1 fully saturated rings. The summed E-state index contributed by atoms with van der Waals surface area (Å²) in [4.78, 5) is 28.4. The number of carboxylic acids is 1. The van der Waals surface area contributed by atoms with Crippen molar-refractivity contribution >= 4 is 23.3 Å². The van der Waals surface area contributed by atoms with Crippen LogP contribution in [0.5, 0.6) is 0 Å². The quantitative estimate of drug-likeness (QED) is 0.738. The summed E-state index contributed by atoms with van der Waals surface area (Å²) in [6, 6.07) is -1.41. The van der Waals surface area contributed by atoms with Crippen LogP contribution in [-0.4, -0.2) is 57.3 Å². The van der Waals surface area contributed by atoms with Gasteiger partial charge in [0, 0.05) is 31.3 Å². The number of carboxylic acid groups (broad SMARTS) is 1. The summed E-state index contributed by atoms with van der Waals surface area (Å²) in [7, 11) is 0. The first-order valence-electron chi connectivity index (χ1n) is 6.33. The van der Waals surface area contributed by atoms with Gasteiger partial charge in [-0.2, -0.15) is 0 Å². The number of nitrogens with one attached hydrogen (secondary N) is 1. The average molecular weight is 299 g/mol. The molecule has 1 aliphatic heterocycles. The Morgan fingerprint density at radius 2 is 2.35 bits per heavy atom. The topological polar surface area (TPSA) is 103 Å². The summed E-state index contributed by atoms with van der Waals surface area (Å²) >= 11 is 1.55. The van der Waals surface area contributed by atoms with Crippen molar-refractivity contribution in [3.63, 3.8) is 0 Å². The number of urea groups is 1. The van der Waals surface area contributed by atoms with Gasteiger partial charge in [0.1, 0.15) is 6.04 Å². The van der Waals surface area contributed by atoms with Crippen LogP contribution in [0.3, 0.4) is 0 Å². The van der Waals surface area contributed by atoms with Gasteiger partial charge in [-0.3, -0.25) is 0 Å². The van der Waals surface area contributed by atoms with Gasteiger partial charge in [0.05, 0.1) is 16.8 Å². The Morgan fingerprint density at radius 3 is 2.95 bits per heavy atom. The molecule has 0 radical (unpaired) electrons. The molecular weight excluding hydrogens is 282 g/mol. The largest absolute Gasteiger partial charge is 0.480 e. The number of rotatable bonds is 4. The van der Waals surface area contributed by atoms with Gasteiger partial charge in [-0.15, -0.1) is 11.3 Å². The van der Waals surface area contributed by atoms with Crippen LogP contribution >= 0.6 is 11.3 Å². The maximum absolute atomic E-state index is 11.9. The number of hydrogen-bond acceptors (Lipinski definition) is 5. The molecule has 1 saturated heterocycles. The third kappa shape index (κ3) is 3.45. The minimum absolute atomic E-state index is 0.0542. The van der Waals surface area contributed by atoms with E-state index in [1.54, 1.807) is 11.3 Å². The summed E-state index contributed by atoms with van der Waals surface area (Å²) in [5, 5.41) is 24.1. The van der Waals surface area contributed by atoms with Crippen LogP contribution in [0.1, 0.15) is 17.1 Å². The van der Waals surface area contributed by atoms with Crippen molar-refractivity contribution in [1.82, 2.24) is 15.2 Å². The molecule has 3 N–H and O–H groups in total. The van der Waals surface area contributed by atoms with Gasteiger partial charge < -0.3 is 20.4 Å². The fourth-order valence-corrected chi connectivity index (χ4v) is 2.84. The summed E-state index contributed by atoms with van der Waals surface area (Å²) in [5.41, 5.74) is 0.907. The first-order valence-corrected chi connectivity index (χ1v) is 7.21. The van der Waals surface area contributed by atoms with Crippen LogP contribution in [0.2, 0.25) is 0 Å². The highest BCUT2D eigenvalue weighted by Crippen LogP contribution is 2.18. The average Bonchev–Trinajstić information content (AvgIpc) is 2.95. The Bertz CT molecular complexity index is 505. The molecule has 110 valence electrons. The minimum Gasteiger partial charge on any atom is -0.480 e. The molecule has 0 unspecified atom stereocenters. The number of aryl methyl sites for hydroxylation is 1. The maximum atomic E-state index is 11.9. The number of aromatic nitrogens is 1. The van der Waals surface area contributed by atoms with E-state index in [0.717, 1.165) is 10.7 Å². The molecule has 0 saturated carbocycles. The van der Waals surface area contributed by atoms with Crippen LogP contribution in [0.4, 0.5) is 4.79 Å². The third-order valence-corrected chi connectivity index (χ3v) is 3.97. The first-order chi connectivity index (χ1) is 9.47. The number of hydrogen-bond donors (Lipinski definition) is 3. The second-order valence-electron chi connectivity index (χ2n) is 4.74. The van der Waals surface area contributed by atoms with Gasteiger partial charge >= 0.3 is 12.0 Å².